The van der Waals surface area contributed by atoms with Gasteiger partial charge in [0.25, 0.3) is 5.89 Å². The number of hydrogen-bond acceptors (Lipinski definition) is 7. The molecule has 1 aromatic heterocycles. The number of aromatic nitrogens is 2. The average Bonchev–Trinajstić information content (AvgIpc) is 3.33. The molecule has 3 aromatic rings. The van der Waals surface area contributed by atoms with E-state index in [9.17, 15) is 26.7 Å². The largest absolute Gasteiger partial charge is 0.490 e. The van der Waals surface area contributed by atoms with Gasteiger partial charge in [0.15, 0.2) is 0 Å². The van der Waals surface area contributed by atoms with Crippen LogP contribution in [0.3, 0.4) is 0 Å². The SMILES string of the molecule is CN(CCC=O)Cc1ccc(-c2noc(-c3ccc(OCCF)c(C(F)(F)F)c3)n2)cc1F.CO. The van der Waals surface area contributed by atoms with E-state index in [1.165, 1.54) is 18.2 Å². The van der Waals surface area contributed by atoms with Crippen LogP contribution in [0.1, 0.15) is 17.5 Å². The molecule has 2 aromatic carbocycles. The van der Waals surface area contributed by atoms with Crippen LogP contribution in [-0.4, -0.2) is 60.4 Å². The number of benzene rings is 2. The number of carbonyl (C=O) groups excluding carboxylic acids is 1. The first-order valence-corrected chi connectivity index (χ1v) is 10.3. The Kier molecular flexibility index (Phi) is 10.3. The minimum atomic E-state index is -4.75. The monoisotopic (exact) mass is 501 g/mol. The van der Waals surface area contributed by atoms with Gasteiger partial charge >= 0.3 is 6.18 Å². The molecule has 1 heterocycles. The van der Waals surface area contributed by atoms with Crippen LogP contribution < -0.4 is 4.74 Å². The summed E-state index contributed by atoms with van der Waals surface area (Å²) in [6, 6.07) is 7.40. The van der Waals surface area contributed by atoms with Crippen molar-refractivity contribution in [3.8, 4) is 28.6 Å². The Labute approximate surface area is 198 Å². The molecule has 190 valence electrons. The Morgan fingerprint density at radius 1 is 1.14 bits per heavy atom. The van der Waals surface area contributed by atoms with E-state index in [-0.39, 0.29) is 29.4 Å². The zero-order valence-corrected chi connectivity index (χ0v) is 19.0. The summed E-state index contributed by atoms with van der Waals surface area (Å²) in [4.78, 5) is 16.3. The predicted octanol–water partition coefficient (Wildman–Crippen LogP) is 4.54. The molecule has 0 bridgehead atoms. The van der Waals surface area contributed by atoms with Gasteiger partial charge < -0.3 is 24.1 Å². The van der Waals surface area contributed by atoms with E-state index in [1.54, 1.807) is 18.0 Å². The molecule has 3 rings (SSSR count). The number of hydrogen-bond donors (Lipinski definition) is 1. The van der Waals surface area contributed by atoms with Crippen LogP contribution in [0.2, 0.25) is 0 Å². The lowest BCUT2D eigenvalue weighted by Gasteiger charge is -2.15. The summed E-state index contributed by atoms with van der Waals surface area (Å²) in [5.74, 6) is -1.24. The zero-order valence-electron chi connectivity index (χ0n) is 19.0. The Hall–Kier alpha value is -3.38. The molecule has 0 aliphatic rings. The van der Waals surface area contributed by atoms with E-state index in [0.717, 1.165) is 25.5 Å². The Bertz CT molecular complexity index is 1110. The van der Waals surface area contributed by atoms with E-state index in [2.05, 4.69) is 10.1 Å². The maximum absolute atomic E-state index is 14.5. The van der Waals surface area contributed by atoms with Crippen LogP contribution in [0.4, 0.5) is 22.0 Å². The smallest absolute Gasteiger partial charge is 0.419 e. The predicted molar refractivity (Wildman–Crippen MR) is 117 cm³/mol. The molecule has 0 saturated heterocycles. The molecule has 0 radical (unpaired) electrons. The van der Waals surface area contributed by atoms with Crippen LogP contribution in [-0.2, 0) is 17.5 Å². The fourth-order valence-electron chi connectivity index (χ4n) is 3.07. The van der Waals surface area contributed by atoms with Crippen LogP contribution in [0.15, 0.2) is 40.9 Å². The highest BCUT2D eigenvalue weighted by atomic mass is 19.4. The minimum Gasteiger partial charge on any atom is -0.490 e. The number of rotatable bonds is 10. The second-order valence-electron chi connectivity index (χ2n) is 7.17. The lowest BCUT2D eigenvalue weighted by Crippen LogP contribution is -2.20. The van der Waals surface area contributed by atoms with E-state index < -0.39 is 36.6 Å². The molecule has 0 unspecified atom stereocenters. The third kappa shape index (κ3) is 7.55. The molecular weight excluding hydrogens is 477 g/mol. The van der Waals surface area contributed by atoms with E-state index in [1.807, 2.05) is 0 Å². The van der Waals surface area contributed by atoms with Crippen molar-refractivity contribution in [2.45, 2.75) is 19.1 Å². The first-order chi connectivity index (χ1) is 16.7. The molecule has 0 spiro atoms. The third-order valence-electron chi connectivity index (χ3n) is 4.67. The summed E-state index contributed by atoms with van der Waals surface area (Å²) in [6.07, 6.45) is -3.63. The summed E-state index contributed by atoms with van der Waals surface area (Å²) >= 11 is 0. The molecule has 0 aliphatic heterocycles. The molecule has 0 aliphatic carbocycles. The van der Waals surface area contributed by atoms with Crippen molar-refractivity contribution in [1.82, 2.24) is 15.0 Å². The highest BCUT2D eigenvalue weighted by Gasteiger charge is 2.35. The van der Waals surface area contributed by atoms with Crippen molar-refractivity contribution in [1.29, 1.82) is 0 Å². The molecule has 0 amide bonds. The van der Waals surface area contributed by atoms with Crippen molar-refractivity contribution in [3.63, 3.8) is 0 Å². The maximum Gasteiger partial charge on any atom is 0.419 e. The quantitative estimate of drug-likeness (QED) is 0.322. The zero-order chi connectivity index (χ0) is 26.0. The maximum atomic E-state index is 14.5. The van der Waals surface area contributed by atoms with Gasteiger partial charge in [-0.1, -0.05) is 17.3 Å². The standard InChI is InChI=1S/C22H20F5N3O3.CH4O/c1-30(8-2-9-31)13-16-4-3-14(12-18(16)24)20-28-21(33-29-20)15-5-6-19(32-10-7-23)17(11-15)22(25,26)27;1-2/h3-6,9,11-12H,2,7-8,10,13H2,1H3;2H,1H3. The van der Waals surface area contributed by atoms with Crippen molar-refractivity contribution in [3.05, 3.63) is 53.3 Å². The average molecular weight is 501 g/mol. The van der Waals surface area contributed by atoms with Gasteiger partial charge in [0, 0.05) is 43.3 Å². The van der Waals surface area contributed by atoms with E-state index in [0.29, 0.717) is 18.5 Å². The van der Waals surface area contributed by atoms with Gasteiger partial charge in [0.2, 0.25) is 5.82 Å². The van der Waals surface area contributed by atoms with Crippen LogP contribution in [0.5, 0.6) is 5.75 Å². The number of aldehydes is 1. The first kappa shape index (κ1) is 27.9. The van der Waals surface area contributed by atoms with Gasteiger partial charge in [-0.15, -0.1) is 0 Å². The number of carbonyl (C=O) groups is 1. The summed E-state index contributed by atoms with van der Waals surface area (Å²) in [6.45, 7) is -0.678. The molecule has 0 atom stereocenters. The number of ether oxygens (including phenoxy) is 1. The van der Waals surface area contributed by atoms with Crippen molar-refractivity contribution in [2.24, 2.45) is 0 Å². The third-order valence-corrected chi connectivity index (χ3v) is 4.67. The first-order valence-electron chi connectivity index (χ1n) is 10.3. The lowest BCUT2D eigenvalue weighted by molar-refractivity contribution is -0.139. The number of alkyl halides is 4. The topological polar surface area (TPSA) is 88.7 Å². The Balaban J connectivity index is 0.00000210. The highest BCUT2D eigenvalue weighted by molar-refractivity contribution is 5.62. The number of aliphatic hydroxyl groups excluding tert-OH is 1. The molecule has 0 saturated carbocycles. The molecular formula is C23H24F5N3O4. The molecule has 7 nitrogen and oxygen atoms in total. The Morgan fingerprint density at radius 3 is 2.49 bits per heavy atom. The van der Waals surface area contributed by atoms with Gasteiger partial charge in [-0.2, -0.15) is 18.2 Å². The molecule has 0 fully saturated rings. The van der Waals surface area contributed by atoms with Crippen LogP contribution in [0.25, 0.3) is 22.8 Å². The second kappa shape index (κ2) is 12.9. The lowest BCUT2D eigenvalue weighted by atomic mass is 10.1. The normalized spacial score (nSPS) is 11.2. The van der Waals surface area contributed by atoms with Gasteiger partial charge in [-0.25, -0.2) is 8.78 Å². The fourth-order valence-corrected chi connectivity index (χ4v) is 3.07. The van der Waals surface area contributed by atoms with Gasteiger partial charge in [0.05, 0.1) is 5.56 Å². The van der Waals surface area contributed by atoms with Gasteiger partial charge in [-0.05, 0) is 31.3 Å². The van der Waals surface area contributed by atoms with Crippen LogP contribution in [0, 0.1) is 5.82 Å². The molecule has 35 heavy (non-hydrogen) atoms. The van der Waals surface area contributed by atoms with Crippen molar-refractivity contribution in [2.75, 3.05) is 34.0 Å². The molecule has 1 N–H and O–H groups in total. The van der Waals surface area contributed by atoms with Gasteiger partial charge in [0.1, 0.15) is 31.1 Å². The fraction of sp³-hybridized carbons (Fsp3) is 0.348. The minimum absolute atomic E-state index is 0.00364. The van der Waals surface area contributed by atoms with Crippen molar-refractivity contribution < 1.29 is 41.1 Å². The highest BCUT2D eigenvalue weighted by Crippen LogP contribution is 2.39. The summed E-state index contributed by atoms with van der Waals surface area (Å²) in [5, 5.41) is 10.7. The van der Waals surface area contributed by atoms with E-state index in [4.69, 9.17) is 14.4 Å². The number of nitrogens with zero attached hydrogens (tertiary/aromatic N) is 3. The van der Waals surface area contributed by atoms with Crippen molar-refractivity contribution >= 4 is 6.29 Å². The summed E-state index contributed by atoms with van der Waals surface area (Å²) in [7, 11) is 2.76. The number of aliphatic hydroxyl groups is 1. The second-order valence-corrected chi connectivity index (χ2v) is 7.17. The summed E-state index contributed by atoms with van der Waals surface area (Å²) < 4.78 is 76.9. The molecule has 12 heteroatoms. The number of halogens is 5. The van der Waals surface area contributed by atoms with Crippen LogP contribution >= 0.6 is 0 Å². The Morgan fingerprint density at radius 2 is 1.86 bits per heavy atom. The van der Waals surface area contributed by atoms with Gasteiger partial charge in [-0.3, -0.25) is 0 Å². The van der Waals surface area contributed by atoms with E-state index >= 15 is 0 Å². The summed E-state index contributed by atoms with van der Waals surface area (Å²) in [5.41, 5.74) is -0.458.